The second kappa shape index (κ2) is 5.64. The number of carbonyl (C=O) groups is 1. The number of alkyl halides is 1. The van der Waals surface area contributed by atoms with Crippen LogP contribution in [0, 0.1) is 5.92 Å². The van der Waals surface area contributed by atoms with Crippen molar-refractivity contribution in [3.63, 3.8) is 0 Å². The first-order valence-corrected chi connectivity index (χ1v) is 5.92. The summed E-state index contributed by atoms with van der Waals surface area (Å²) in [5, 5.41) is 2.98. The lowest BCUT2D eigenvalue weighted by Crippen LogP contribution is -2.13. The first kappa shape index (κ1) is 13.3. The van der Waals surface area contributed by atoms with Crippen LogP contribution in [-0.2, 0) is 4.79 Å². The SMILES string of the molecule is CC(C)COc1ncnc2[nH]cc(NC(=O)CF)c12. The maximum absolute atomic E-state index is 12.2. The minimum Gasteiger partial charge on any atom is -0.477 e. The number of ether oxygens (including phenoxy) is 1. The number of carbonyl (C=O) groups excluding carboxylic acids is 1. The quantitative estimate of drug-likeness (QED) is 0.866. The topological polar surface area (TPSA) is 79.9 Å². The fraction of sp³-hybridized carbons (Fsp3) is 0.417. The van der Waals surface area contributed by atoms with E-state index < -0.39 is 12.6 Å². The zero-order chi connectivity index (χ0) is 13.8. The molecule has 0 fully saturated rings. The molecule has 7 heteroatoms. The van der Waals surface area contributed by atoms with Crippen molar-refractivity contribution in [3.05, 3.63) is 12.5 Å². The largest absolute Gasteiger partial charge is 0.477 e. The molecule has 0 aromatic carbocycles. The number of amides is 1. The van der Waals surface area contributed by atoms with Gasteiger partial charge in [0, 0.05) is 6.20 Å². The van der Waals surface area contributed by atoms with Gasteiger partial charge in [-0.15, -0.1) is 0 Å². The van der Waals surface area contributed by atoms with E-state index in [9.17, 15) is 9.18 Å². The predicted octanol–water partition coefficient (Wildman–Crippen LogP) is 1.90. The number of halogens is 1. The van der Waals surface area contributed by atoms with Gasteiger partial charge in [-0.3, -0.25) is 4.79 Å². The molecule has 0 aliphatic heterocycles. The Kier molecular flexibility index (Phi) is 3.94. The van der Waals surface area contributed by atoms with Gasteiger partial charge in [0.15, 0.2) is 6.67 Å². The highest BCUT2D eigenvalue weighted by Crippen LogP contribution is 2.29. The molecule has 0 bridgehead atoms. The number of H-pyrrole nitrogens is 1. The number of nitrogens with zero attached hydrogens (tertiary/aromatic N) is 2. The molecule has 2 aromatic heterocycles. The molecule has 2 aromatic rings. The van der Waals surface area contributed by atoms with E-state index in [1.165, 1.54) is 12.5 Å². The van der Waals surface area contributed by atoms with Crippen LogP contribution in [0.1, 0.15) is 13.8 Å². The summed E-state index contributed by atoms with van der Waals surface area (Å²) in [6.07, 6.45) is 2.91. The Bertz CT molecular complexity index is 582. The van der Waals surface area contributed by atoms with Gasteiger partial charge in [-0.25, -0.2) is 14.4 Å². The Labute approximate surface area is 109 Å². The Balaban J connectivity index is 2.34. The van der Waals surface area contributed by atoms with Gasteiger partial charge in [-0.2, -0.15) is 0 Å². The van der Waals surface area contributed by atoms with Gasteiger partial charge < -0.3 is 15.0 Å². The van der Waals surface area contributed by atoms with Gasteiger partial charge in [0.1, 0.15) is 17.4 Å². The van der Waals surface area contributed by atoms with E-state index in [-0.39, 0.29) is 0 Å². The van der Waals surface area contributed by atoms with Crippen molar-refractivity contribution in [2.24, 2.45) is 5.92 Å². The van der Waals surface area contributed by atoms with E-state index in [1.54, 1.807) is 0 Å². The molecule has 0 aliphatic rings. The molecule has 102 valence electrons. The molecule has 2 N–H and O–H groups in total. The number of nitrogens with one attached hydrogen (secondary N) is 2. The summed E-state index contributed by atoms with van der Waals surface area (Å²) < 4.78 is 17.8. The molecule has 0 atom stereocenters. The molecular weight excluding hydrogens is 251 g/mol. The Morgan fingerprint density at radius 2 is 2.32 bits per heavy atom. The Morgan fingerprint density at radius 3 is 3.00 bits per heavy atom. The zero-order valence-corrected chi connectivity index (χ0v) is 10.7. The van der Waals surface area contributed by atoms with E-state index >= 15 is 0 Å². The summed E-state index contributed by atoms with van der Waals surface area (Å²) in [5.41, 5.74) is 0.944. The lowest BCUT2D eigenvalue weighted by Gasteiger charge is -2.09. The third-order valence-corrected chi connectivity index (χ3v) is 2.38. The van der Waals surface area contributed by atoms with Gasteiger partial charge in [-0.05, 0) is 5.92 Å². The fourth-order valence-corrected chi connectivity index (χ4v) is 1.57. The normalized spacial score (nSPS) is 10.9. The number of aromatic nitrogens is 3. The molecule has 0 radical (unpaired) electrons. The highest BCUT2D eigenvalue weighted by atomic mass is 19.1. The summed E-state index contributed by atoms with van der Waals surface area (Å²) >= 11 is 0. The molecule has 2 heterocycles. The van der Waals surface area contributed by atoms with E-state index in [2.05, 4.69) is 20.3 Å². The highest BCUT2D eigenvalue weighted by molar-refractivity contribution is 6.02. The summed E-state index contributed by atoms with van der Waals surface area (Å²) in [7, 11) is 0. The van der Waals surface area contributed by atoms with Crippen molar-refractivity contribution in [1.82, 2.24) is 15.0 Å². The van der Waals surface area contributed by atoms with Gasteiger partial charge >= 0.3 is 0 Å². The van der Waals surface area contributed by atoms with Crippen LogP contribution in [-0.4, -0.2) is 34.1 Å². The molecule has 19 heavy (non-hydrogen) atoms. The number of aromatic amines is 1. The number of anilines is 1. The Hall–Kier alpha value is -2.18. The highest BCUT2D eigenvalue weighted by Gasteiger charge is 2.14. The molecule has 0 saturated heterocycles. The van der Waals surface area contributed by atoms with E-state index in [0.29, 0.717) is 35.1 Å². The summed E-state index contributed by atoms with van der Waals surface area (Å²) in [6.45, 7) is 3.44. The molecule has 0 spiro atoms. The van der Waals surface area contributed by atoms with Crippen molar-refractivity contribution in [2.75, 3.05) is 18.6 Å². The number of rotatable bonds is 5. The van der Waals surface area contributed by atoms with Gasteiger partial charge in [0.2, 0.25) is 5.88 Å². The molecule has 0 saturated carbocycles. The van der Waals surface area contributed by atoms with Gasteiger partial charge in [0.05, 0.1) is 12.3 Å². The van der Waals surface area contributed by atoms with Crippen LogP contribution in [0.2, 0.25) is 0 Å². The summed E-state index contributed by atoms with van der Waals surface area (Å²) in [6, 6.07) is 0. The minimum absolute atomic E-state index is 0.341. The third kappa shape index (κ3) is 2.98. The van der Waals surface area contributed by atoms with E-state index in [4.69, 9.17) is 4.74 Å². The first-order chi connectivity index (χ1) is 9.11. The number of hydrogen-bond donors (Lipinski definition) is 2. The monoisotopic (exact) mass is 266 g/mol. The van der Waals surface area contributed by atoms with Crippen LogP contribution in [0.5, 0.6) is 5.88 Å². The number of fused-ring (bicyclic) bond motifs is 1. The summed E-state index contributed by atoms with van der Waals surface area (Å²) in [4.78, 5) is 22.1. The lowest BCUT2D eigenvalue weighted by atomic mass is 10.2. The molecule has 0 aliphatic carbocycles. The number of hydrogen-bond acceptors (Lipinski definition) is 4. The minimum atomic E-state index is -1.08. The molecule has 0 unspecified atom stereocenters. The van der Waals surface area contributed by atoms with Crippen molar-refractivity contribution in [1.29, 1.82) is 0 Å². The van der Waals surface area contributed by atoms with E-state index in [0.717, 1.165) is 0 Å². The van der Waals surface area contributed by atoms with Crippen molar-refractivity contribution < 1.29 is 13.9 Å². The van der Waals surface area contributed by atoms with Crippen LogP contribution in [0.15, 0.2) is 12.5 Å². The second-order valence-electron chi connectivity index (χ2n) is 4.49. The van der Waals surface area contributed by atoms with Crippen LogP contribution >= 0.6 is 0 Å². The zero-order valence-electron chi connectivity index (χ0n) is 10.7. The second-order valence-corrected chi connectivity index (χ2v) is 4.49. The first-order valence-electron chi connectivity index (χ1n) is 5.92. The smallest absolute Gasteiger partial charge is 0.255 e. The summed E-state index contributed by atoms with van der Waals surface area (Å²) in [5.74, 6) is -0.0125. The van der Waals surface area contributed by atoms with Crippen molar-refractivity contribution >= 4 is 22.6 Å². The van der Waals surface area contributed by atoms with Crippen molar-refractivity contribution in [2.45, 2.75) is 13.8 Å². The van der Waals surface area contributed by atoms with Crippen LogP contribution in [0.3, 0.4) is 0 Å². The maximum atomic E-state index is 12.2. The Morgan fingerprint density at radius 1 is 1.53 bits per heavy atom. The molecule has 2 rings (SSSR count). The lowest BCUT2D eigenvalue weighted by molar-refractivity contribution is -0.117. The fourth-order valence-electron chi connectivity index (χ4n) is 1.57. The van der Waals surface area contributed by atoms with Crippen molar-refractivity contribution in [3.8, 4) is 5.88 Å². The standard InChI is InChI=1S/C12H15FN4O2/c1-7(2)5-19-12-10-8(17-9(18)3-13)4-14-11(10)15-6-16-12/h4,6-7H,3,5H2,1-2H3,(H,17,18)(H,14,15,16). The van der Waals surface area contributed by atoms with Crippen LogP contribution in [0.25, 0.3) is 11.0 Å². The van der Waals surface area contributed by atoms with E-state index in [1.807, 2.05) is 13.8 Å². The van der Waals surface area contributed by atoms with Crippen LogP contribution < -0.4 is 10.1 Å². The third-order valence-electron chi connectivity index (χ3n) is 2.38. The maximum Gasteiger partial charge on any atom is 0.255 e. The predicted molar refractivity (Wildman–Crippen MR) is 68.8 cm³/mol. The average Bonchev–Trinajstić information content (AvgIpc) is 2.80. The van der Waals surface area contributed by atoms with Gasteiger partial charge in [0.25, 0.3) is 5.91 Å². The average molecular weight is 266 g/mol. The molecular formula is C12H15FN4O2. The van der Waals surface area contributed by atoms with Gasteiger partial charge in [-0.1, -0.05) is 13.8 Å². The van der Waals surface area contributed by atoms with Crippen LogP contribution in [0.4, 0.5) is 10.1 Å². The molecule has 6 nitrogen and oxygen atoms in total. The molecule has 1 amide bonds.